The first-order chi connectivity index (χ1) is 12.5. The first-order valence-electron chi connectivity index (χ1n) is 11.0. The second-order valence-corrected chi connectivity index (χ2v) is 8.58. The molecular weight excluding hydrogens is 324 g/mol. The highest BCUT2D eigenvalue weighted by Gasteiger charge is 2.30. The average molecular weight is 367 g/mol. The van der Waals surface area contributed by atoms with E-state index >= 15 is 0 Å². The predicted octanol–water partition coefficient (Wildman–Crippen LogP) is 5.11. The van der Waals surface area contributed by atoms with Crippen LogP contribution < -0.4 is 10.6 Å². The van der Waals surface area contributed by atoms with Gasteiger partial charge in [0, 0.05) is 24.9 Å². The summed E-state index contributed by atoms with van der Waals surface area (Å²) in [6.45, 7) is 7.30. The number of amides is 2. The van der Waals surface area contributed by atoms with Crippen LogP contribution >= 0.6 is 0 Å². The fraction of sp³-hybridized carbons (Fsp3) is 0.909. The van der Waals surface area contributed by atoms with Gasteiger partial charge in [0.2, 0.25) is 11.8 Å². The molecule has 1 saturated carbocycles. The SMILES string of the molecule is CCCCCNC(=O)CCCCC(=O)NC(C)(C)C1CCCCCCC1. The number of carbonyl (C=O) groups excluding carboxylic acids is 2. The van der Waals surface area contributed by atoms with Gasteiger partial charge in [-0.15, -0.1) is 0 Å². The average Bonchev–Trinajstić information content (AvgIpc) is 2.54. The molecule has 1 aliphatic carbocycles. The molecule has 2 N–H and O–H groups in total. The molecule has 1 aliphatic rings. The summed E-state index contributed by atoms with van der Waals surface area (Å²) in [5.74, 6) is 0.845. The van der Waals surface area contributed by atoms with Gasteiger partial charge in [-0.2, -0.15) is 0 Å². The second kappa shape index (κ2) is 13.2. The lowest BCUT2D eigenvalue weighted by Gasteiger charge is -2.36. The van der Waals surface area contributed by atoms with Gasteiger partial charge in [-0.3, -0.25) is 9.59 Å². The lowest BCUT2D eigenvalue weighted by Crippen LogP contribution is -2.49. The maximum Gasteiger partial charge on any atom is 0.220 e. The normalized spacial score (nSPS) is 16.6. The van der Waals surface area contributed by atoms with Gasteiger partial charge in [0.1, 0.15) is 0 Å². The zero-order valence-electron chi connectivity index (χ0n) is 17.5. The van der Waals surface area contributed by atoms with Crippen molar-refractivity contribution in [2.24, 2.45) is 5.92 Å². The molecule has 0 aromatic heterocycles. The molecule has 0 unspecified atom stereocenters. The van der Waals surface area contributed by atoms with Crippen LogP contribution in [0.2, 0.25) is 0 Å². The van der Waals surface area contributed by atoms with E-state index in [0.717, 1.165) is 32.2 Å². The summed E-state index contributed by atoms with van der Waals surface area (Å²) >= 11 is 0. The van der Waals surface area contributed by atoms with E-state index in [1.165, 1.54) is 51.4 Å². The van der Waals surface area contributed by atoms with Crippen molar-refractivity contribution in [1.29, 1.82) is 0 Å². The van der Waals surface area contributed by atoms with E-state index in [4.69, 9.17) is 0 Å². The maximum absolute atomic E-state index is 12.3. The van der Waals surface area contributed by atoms with E-state index in [1.54, 1.807) is 0 Å². The molecule has 0 atom stereocenters. The lowest BCUT2D eigenvalue weighted by atomic mass is 9.78. The highest BCUT2D eigenvalue weighted by molar-refractivity contribution is 5.77. The molecule has 0 radical (unpaired) electrons. The fourth-order valence-corrected chi connectivity index (χ4v) is 3.96. The Balaban J connectivity index is 2.18. The van der Waals surface area contributed by atoms with Crippen LogP contribution in [-0.4, -0.2) is 23.9 Å². The third-order valence-corrected chi connectivity index (χ3v) is 5.75. The standard InChI is InChI=1S/C22H42N2O2/c1-4-5-13-18-23-20(25)16-11-12-17-21(26)24-22(2,3)19-14-9-7-6-8-10-15-19/h19H,4-18H2,1-3H3,(H,23,25)(H,24,26). The molecule has 0 spiro atoms. The Bertz CT molecular complexity index is 399. The Morgan fingerprint density at radius 3 is 2.04 bits per heavy atom. The first-order valence-corrected chi connectivity index (χ1v) is 11.0. The van der Waals surface area contributed by atoms with E-state index in [-0.39, 0.29) is 17.4 Å². The molecule has 1 rings (SSSR count). The predicted molar refractivity (Wildman–Crippen MR) is 109 cm³/mol. The van der Waals surface area contributed by atoms with Gasteiger partial charge < -0.3 is 10.6 Å². The molecule has 0 saturated heterocycles. The van der Waals surface area contributed by atoms with Crippen molar-refractivity contribution in [3.05, 3.63) is 0 Å². The van der Waals surface area contributed by atoms with Crippen LogP contribution in [0.3, 0.4) is 0 Å². The monoisotopic (exact) mass is 366 g/mol. The van der Waals surface area contributed by atoms with Gasteiger partial charge in [0.15, 0.2) is 0 Å². The van der Waals surface area contributed by atoms with E-state index in [1.807, 2.05) is 0 Å². The van der Waals surface area contributed by atoms with Crippen molar-refractivity contribution in [3.8, 4) is 0 Å². The van der Waals surface area contributed by atoms with Crippen molar-refractivity contribution < 1.29 is 9.59 Å². The Labute approximate surface area is 161 Å². The van der Waals surface area contributed by atoms with E-state index in [0.29, 0.717) is 18.8 Å². The van der Waals surface area contributed by atoms with Crippen LogP contribution in [0.15, 0.2) is 0 Å². The van der Waals surface area contributed by atoms with E-state index in [9.17, 15) is 9.59 Å². The van der Waals surface area contributed by atoms with Crippen molar-refractivity contribution in [3.63, 3.8) is 0 Å². The molecule has 26 heavy (non-hydrogen) atoms. The third kappa shape index (κ3) is 10.2. The van der Waals surface area contributed by atoms with Gasteiger partial charge in [-0.1, -0.05) is 51.9 Å². The molecule has 0 heterocycles. The summed E-state index contributed by atoms with van der Waals surface area (Å²) in [6.07, 6.45) is 15.1. The summed E-state index contributed by atoms with van der Waals surface area (Å²) in [6, 6.07) is 0. The molecular formula is C22H42N2O2. The van der Waals surface area contributed by atoms with Gasteiger partial charge >= 0.3 is 0 Å². The Morgan fingerprint density at radius 2 is 1.42 bits per heavy atom. The van der Waals surface area contributed by atoms with E-state index in [2.05, 4.69) is 31.4 Å². The second-order valence-electron chi connectivity index (χ2n) is 8.58. The zero-order valence-corrected chi connectivity index (χ0v) is 17.5. The van der Waals surface area contributed by atoms with Crippen LogP contribution in [0.4, 0.5) is 0 Å². The molecule has 4 heteroatoms. The van der Waals surface area contributed by atoms with Crippen LogP contribution in [0, 0.1) is 5.92 Å². The molecule has 0 aromatic rings. The number of hydrogen-bond donors (Lipinski definition) is 2. The van der Waals surface area contributed by atoms with Gasteiger partial charge in [0.25, 0.3) is 0 Å². The van der Waals surface area contributed by atoms with Crippen molar-refractivity contribution in [2.45, 2.75) is 116 Å². The van der Waals surface area contributed by atoms with Crippen molar-refractivity contribution in [2.75, 3.05) is 6.54 Å². The largest absolute Gasteiger partial charge is 0.356 e. The maximum atomic E-state index is 12.3. The van der Waals surface area contributed by atoms with Crippen molar-refractivity contribution in [1.82, 2.24) is 10.6 Å². The Hall–Kier alpha value is -1.06. The highest BCUT2D eigenvalue weighted by atomic mass is 16.2. The zero-order chi connectivity index (χ0) is 19.3. The molecule has 0 aromatic carbocycles. The number of rotatable bonds is 11. The molecule has 4 nitrogen and oxygen atoms in total. The van der Waals surface area contributed by atoms with Crippen LogP contribution in [0.1, 0.15) is 111 Å². The lowest BCUT2D eigenvalue weighted by molar-refractivity contribution is -0.124. The molecule has 2 amide bonds. The van der Waals surface area contributed by atoms with Crippen LogP contribution in [-0.2, 0) is 9.59 Å². The quantitative estimate of drug-likeness (QED) is 0.499. The fourth-order valence-electron chi connectivity index (χ4n) is 3.96. The molecule has 0 bridgehead atoms. The minimum atomic E-state index is -0.120. The summed E-state index contributed by atoms with van der Waals surface area (Å²) in [7, 11) is 0. The van der Waals surface area contributed by atoms with E-state index < -0.39 is 0 Å². The number of hydrogen-bond acceptors (Lipinski definition) is 2. The summed E-state index contributed by atoms with van der Waals surface area (Å²) in [5.41, 5.74) is -0.120. The smallest absolute Gasteiger partial charge is 0.220 e. The minimum Gasteiger partial charge on any atom is -0.356 e. The summed E-state index contributed by atoms with van der Waals surface area (Å²) in [5, 5.41) is 6.23. The van der Waals surface area contributed by atoms with Gasteiger partial charge in [0.05, 0.1) is 0 Å². The Kier molecular flexibility index (Phi) is 11.6. The minimum absolute atomic E-state index is 0.120. The van der Waals surface area contributed by atoms with Crippen LogP contribution in [0.5, 0.6) is 0 Å². The highest BCUT2D eigenvalue weighted by Crippen LogP contribution is 2.30. The summed E-state index contributed by atoms with van der Waals surface area (Å²) in [4.78, 5) is 24.1. The third-order valence-electron chi connectivity index (χ3n) is 5.75. The molecule has 1 fully saturated rings. The van der Waals surface area contributed by atoms with Crippen molar-refractivity contribution >= 4 is 11.8 Å². The Morgan fingerprint density at radius 1 is 0.846 bits per heavy atom. The molecule has 152 valence electrons. The number of unbranched alkanes of at least 4 members (excludes halogenated alkanes) is 3. The first kappa shape index (κ1) is 23.0. The molecule has 0 aliphatic heterocycles. The topological polar surface area (TPSA) is 58.2 Å². The number of carbonyl (C=O) groups is 2. The van der Waals surface area contributed by atoms with Crippen LogP contribution in [0.25, 0.3) is 0 Å². The van der Waals surface area contributed by atoms with Gasteiger partial charge in [-0.05, 0) is 51.9 Å². The summed E-state index contributed by atoms with van der Waals surface area (Å²) < 4.78 is 0. The van der Waals surface area contributed by atoms with Gasteiger partial charge in [-0.25, -0.2) is 0 Å². The number of nitrogens with one attached hydrogen (secondary N) is 2.